The molecule has 2 unspecified atom stereocenters. The molecule has 0 amide bonds. The Kier molecular flexibility index (Phi) is 3.49. The lowest BCUT2D eigenvalue weighted by Gasteiger charge is -2.14. The summed E-state index contributed by atoms with van der Waals surface area (Å²) in [5, 5.41) is 3.61. The molecular formula is C14H22N2. The monoisotopic (exact) mass is 218 g/mol. The van der Waals surface area contributed by atoms with Crippen LogP contribution in [0.4, 0.5) is 5.69 Å². The van der Waals surface area contributed by atoms with E-state index in [0.29, 0.717) is 12.1 Å². The van der Waals surface area contributed by atoms with Crippen molar-refractivity contribution >= 4 is 5.69 Å². The number of aryl methyl sites for hydroxylation is 1. The van der Waals surface area contributed by atoms with Crippen LogP contribution in [0.15, 0.2) is 24.3 Å². The van der Waals surface area contributed by atoms with E-state index in [4.69, 9.17) is 0 Å². The van der Waals surface area contributed by atoms with Crippen molar-refractivity contribution in [3.05, 3.63) is 29.8 Å². The molecule has 1 aromatic carbocycles. The molecule has 0 spiro atoms. The van der Waals surface area contributed by atoms with E-state index in [1.807, 2.05) is 0 Å². The van der Waals surface area contributed by atoms with Gasteiger partial charge in [0, 0.05) is 24.3 Å². The summed E-state index contributed by atoms with van der Waals surface area (Å²) in [5.41, 5.74) is 2.66. The van der Waals surface area contributed by atoms with Crippen molar-refractivity contribution < 1.29 is 0 Å². The van der Waals surface area contributed by atoms with E-state index in [1.54, 1.807) is 0 Å². The summed E-state index contributed by atoms with van der Waals surface area (Å²) in [6, 6.07) is 10.1. The minimum absolute atomic E-state index is 0.604. The highest BCUT2D eigenvalue weighted by atomic mass is 15.2. The van der Waals surface area contributed by atoms with Gasteiger partial charge in [-0.3, -0.25) is 0 Å². The molecule has 0 aliphatic carbocycles. The van der Waals surface area contributed by atoms with Gasteiger partial charge >= 0.3 is 0 Å². The Morgan fingerprint density at radius 3 is 2.50 bits per heavy atom. The largest absolute Gasteiger partial charge is 0.381 e. The van der Waals surface area contributed by atoms with Crippen LogP contribution in [0.5, 0.6) is 0 Å². The van der Waals surface area contributed by atoms with E-state index in [1.165, 1.54) is 17.7 Å². The number of likely N-dealkylation sites (N-methyl/N-ethyl adjacent to an activating group) is 1. The fraction of sp³-hybridized carbons (Fsp3) is 0.571. The second kappa shape index (κ2) is 4.88. The van der Waals surface area contributed by atoms with Gasteiger partial charge in [0.05, 0.1) is 0 Å². The SMILES string of the molecule is CCc1ccc(NC2CC(C)N(C)C2)cc1. The van der Waals surface area contributed by atoms with Crippen molar-refractivity contribution in [3.63, 3.8) is 0 Å². The van der Waals surface area contributed by atoms with Gasteiger partial charge in [-0.2, -0.15) is 0 Å². The van der Waals surface area contributed by atoms with Gasteiger partial charge in [0.25, 0.3) is 0 Å². The van der Waals surface area contributed by atoms with Gasteiger partial charge in [0.15, 0.2) is 0 Å². The predicted molar refractivity (Wildman–Crippen MR) is 69.9 cm³/mol. The second-order valence-corrected chi connectivity index (χ2v) is 4.92. The molecule has 16 heavy (non-hydrogen) atoms. The zero-order valence-electron chi connectivity index (χ0n) is 10.5. The van der Waals surface area contributed by atoms with E-state index in [9.17, 15) is 0 Å². The van der Waals surface area contributed by atoms with Crippen molar-refractivity contribution in [1.82, 2.24) is 4.90 Å². The smallest absolute Gasteiger partial charge is 0.0403 e. The van der Waals surface area contributed by atoms with E-state index in [-0.39, 0.29) is 0 Å². The molecule has 1 aliphatic rings. The van der Waals surface area contributed by atoms with Gasteiger partial charge in [-0.1, -0.05) is 19.1 Å². The first-order valence-corrected chi connectivity index (χ1v) is 6.24. The van der Waals surface area contributed by atoms with E-state index in [0.717, 1.165) is 13.0 Å². The Labute approximate surface area is 98.7 Å². The van der Waals surface area contributed by atoms with Crippen LogP contribution in [0.1, 0.15) is 25.8 Å². The topological polar surface area (TPSA) is 15.3 Å². The Bertz CT molecular complexity index is 321. The summed E-state index contributed by atoms with van der Waals surface area (Å²) in [7, 11) is 2.20. The molecule has 1 aliphatic heterocycles. The molecule has 88 valence electrons. The Balaban J connectivity index is 1.94. The van der Waals surface area contributed by atoms with Crippen LogP contribution in [0.25, 0.3) is 0 Å². The van der Waals surface area contributed by atoms with Crippen molar-refractivity contribution in [3.8, 4) is 0 Å². The first-order valence-electron chi connectivity index (χ1n) is 6.24. The first-order chi connectivity index (χ1) is 7.69. The number of hydrogen-bond acceptors (Lipinski definition) is 2. The number of likely N-dealkylation sites (tertiary alicyclic amines) is 1. The fourth-order valence-electron chi connectivity index (χ4n) is 2.37. The first kappa shape index (κ1) is 11.5. The molecule has 1 fully saturated rings. The third-order valence-electron chi connectivity index (χ3n) is 3.62. The van der Waals surface area contributed by atoms with E-state index in [2.05, 4.69) is 55.4 Å². The molecule has 2 atom stereocenters. The van der Waals surface area contributed by atoms with E-state index < -0.39 is 0 Å². The number of hydrogen-bond donors (Lipinski definition) is 1. The lowest BCUT2D eigenvalue weighted by atomic mass is 10.1. The summed E-state index contributed by atoms with van der Waals surface area (Å²) >= 11 is 0. The number of benzene rings is 1. The maximum atomic E-state index is 3.61. The molecule has 2 nitrogen and oxygen atoms in total. The zero-order chi connectivity index (χ0) is 11.5. The minimum Gasteiger partial charge on any atom is -0.381 e. The quantitative estimate of drug-likeness (QED) is 0.839. The highest BCUT2D eigenvalue weighted by Crippen LogP contribution is 2.19. The Morgan fingerprint density at radius 1 is 1.31 bits per heavy atom. The molecule has 1 heterocycles. The number of nitrogens with zero attached hydrogens (tertiary/aromatic N) is 1. The fourth-order valence-corrected chi connectivity index (χ4v) is 2.37. The summed E-state index contributed by atoms with van der Waals surface area (Å²) in [5.74, 6) is 0. The molecule has 2 heteroatoms. The standard InChI is InChI=1S/C14H22N2/c1-4-12-5-7-13(8-6-12)15-14-9-11(2)16(3)10-14/h5-8,11,14-15H,4,9-10H2,1-3H3. The van der Waals surface area contributed by atoms with Crippen LogP contribution in [-0.2, 0) is 6.42 Å². The summed E-state index contributed by atoms with van der Waals surface area (Å²) in [6.07, 6.45) is 2.36. The van der Waals surface area contributed by atoms with Gasteiger partial charge in [0.1, 0.15) is 0 Å². The molecule has 0 saturated carbocycles. The lowest BCUT2D eigenvalue weighted by Crippen LogP contribution is -2.24. The van der Waals surface area contributed by atoms with Crippen molar-refractivity contribution in [1.29, 1.82) is 0 Å². The van der Waals surface area contributed by atoms with Gasteiger partial charge in [-0.25, -0.2) is 0 Å². The van der Waals surface area contributed by atoms with Crippen molar-refractivity contribution in [2.24, 2.45) is 0 Å². The average molecular weight is 218 g/mol. The maximum absolute atomic E-state index is 3.61. The van der Waals surface area contributed by atoms with Crippen molar-refractivity contribution in [2.45, 2.75) is 38.8 Å². The molecule has 0 bridgehead atoms. The summed E-state index contributed by atoms with van der Waals surface area (Å²) < 4.78 is 0. The predicted octanol–water partition coefficient (Wildman–Crippen LogP) is 2.75. The molecule has 0 aromatic heterocycles. The summed E-state index contributed by atoms with van der Waals surface area (Å²) in [6.45, 7) is 5.63. The number of anilines is 1. The molecule has 1 N–H and O–H groups in total. The second-order valence-electron chi connectivity index (χ2n) is 4.92. The van der Waals surface area contributed by atoms with Crippen LogP contribution >= 0.6 is 0 Å². The third kappa shape index (κ3) is 2.56. The van der Waals surface area contributed by atoms with Crippen LogP contribution in [0, 0.1) is 0 Å². The number of rotatable bonds is 3. The Hall–Kier alpha value is -1.02. The third-order valence-corrected chi connectivity index (χ3v) is 3.62. The van der Waals surface area contributed by atoms with Crippen LogP contribution in [0.3, 0.4) is 0 Å². The highest BCUT2D eigenvalue weighted by Gasteiger charge is 2.25. The van der Waals surface area contributed by atoms with Crippen LogP contribution in [-0.4, -0.2) is 30.6 Å². The molecule has 0 radical (unpaired) electrons. The highest BCUT2D eigenvalue weighted by molar-refractivity contribution is 5.45. The van der Waals surface area contributed by atoms with Gasteiger partial charge in [-0.15, -0.1) is 0 Å². The minimum atomic E-state index is 0.604. The van der Waals surface area contributed by atoms with Crippen LogP contribution < -0.4 is 5.32 Å². The normalized spacial score (nSPS) is 25.9. The van der Waals surface area contributed by atoms with Crippen molar-refractivity contribution in [2.75, 3.05) is 18.9 Å². The molecule has 1 aromatic rings. The van der Waals surface area contributed by atoms with E-state index >= 15 is 0 Å². The average Bonchev–Trinajstić information content (AvgIpc) is 2.59. The van der Waals surface area contributed by atoms with Crippen LogP contribution in [0.2, 0.25) is 0 Å². The maximum Gasteiger partial charge on any atom is 0.0403 e. The molecule has 2 rings (SSSR count). The lowest BCUT2D eigenvalue weighted by molar-refractivity contribution is 0.330. The zero-order valence-corrected chi connectivity index (χ0v) is 10.5. The molecular weight excluding hydrogens is 196 g/mol. The van der Waals surface area contributed by atoms with Gasteiger partial charge < -0.3 is 10.2 Å². The Morgan fingerprint density at radius 2 is 2.00 bits per heavy atom. The number of nitrogens with one attached hydrogen (secondary N) is 1. The summed E-state index contributed by atoms with van der Waals surface area (Å²) in [4.78, 5) is 2.41. The van der Waals surface area contributed by atoms with Gasteiger partial charge in [0.2, 0.25) is 0 Å². The molecule has 1 saturated heterocycles. The van der Waals surface area contributed by atoms with Gasteiger partial charge in [-0.05, 0) is 44.5 Å².